The summed E-state index contributed by atoms with van der Waals surface area (Å²) < 4.78 is 19.8. The van der Waals surface area contributed by atoms with Gasteiger partial charge in [0.1, 0.15) is 0 Å². The molecular formula is C10H16N2O2S. The molecule has 84 valence electrons. The summed E-state index contributed by atoms with van der Waals surface area (Å²) in [6, 6.07) is 6.84. The topological polar surface area (TPSA) is 64.3 Å². The molecule has 0 bridgehead atoms. The van der Waals surface area contributed by atoms with Crippen LogP contribution in [0.3, 0.4) is 0 Å². The van der Waals surface area contributed by atoms with E-state index in [1.165, 1.54) is 0 Å². The monoisotopic (exact) mass is 228 g/mol. The molecule has 4 nitrogen and oxygen atoms in total. The van der Waals surface area contributed by atoms with E-state index in [0.29, 0.717) is 23.7 Å². The van der Waals surface area contributed by atoms with Gasteiger partial charge in [-0.1, -0.05) is 0 Å². The van der Waals surface area contributed by atoms with E-state index >= 15 is 0 Å². The molecule has 0 radical (unpaired) electrons. The van der Waals surface area contributed by atoms with Gasteiger partial charge in [0.25, 0.3) is 0 Å². The van der Waals surface area contributed by atoms with Gasteiger partial charge in [-0.15, -0.1) is 0 Å². The SMILES string of the molecule is C=S(=O)(NCCOC)c1ccc(N)cc1. The fourth-order valence-electron chi connectivity index (χ4n) is 1.08. The van der Waals surface area contributed by atoms with Gasteiger partial charge in [0.05, 0.1) is 16.3 Å². The highest BCUT2D eigenvalue weighted by molar-refractivity contribution is 7.98. The van der Waals surface area contributed by atoms with Crippen LogP contribution in [0.1, 0.15) is 0 Å². The Balaban J connectivity index is 2.73. The van der Waals surface area contributed by atoms with E-state index in [-0.39, 0.29) is 0 Å². The predicted octanol–water partition coefficient (Wildman–Crippen LogP) is 0.495. The van der Waals surface area contributed by atoms with Gasteiger partial charge in [-0.05, 0) is 30.1 Å². The zero-order valence-corrected chi connectivity index (χ0v) is 9.55. The fourth-order valence-corrected chi connectivity index (χ4v) is 2.24. The van der Waals surface area contributed by atoms with Crippen LogP contribution in [0.2, 0.25) is 0 Å². The van der Waals surface area contributed by atoms with Crippen LogP contribution >= 0.6 is 0 Å². The van der Waals surface area contributed by atoms with Crippen LogP contribution in [0.4, 0.5) is 5.69 Å². The summed E-state index contributed by atoms with van der Waals surface area (Å²) in [6.45, 7) is 1.00. The summed E-state index contributed by atoms with van der Waals surface area (Å²) >= 11 is 0. The molecule has 0 aliphatic heterocycles. The first kappa shape index (κ1) is 12.0. The number of rotatable bonds is 5. The molecule has 0 aliphatic rings. The van der Waals surface area contributed by atoms with Gasteiger partial charge in [0, 0.05) is 24.2 Å². The third-order valence-electron chi connectivity index (χ3n) is 1.90. The second-order valence-corrected chi connectivity index (χ2v) is 5.24. The van der Waals surface area contributed by atoms with Crippen molar-refractivity contribution in [1.82, 2.24) is 4.72 Å². The van der Waals surface area contributed by atoms with Crippen molar-refractivity contribution in [3.05, 3.63) is 24.3 Å². The molecular weight excluding hydrogens is 212 g/mol. The molecule has 15 heavy (non-hydrogen) atoms. The Labute approximate surface area is 90.6 Å². The summed E-state index contributed by atoms with van der Waals surface area (Å²) in [4.78, 5) is 0.646. The first-order valence-corrected chi connectivity index (χ1v) is 6.25. The third-order valence-corrected chi connectivity index (χ3v) is 3.61. The molecule has 1 rings (SSSR count). The minimum atomic E-state index is -2.43. The van der Waals surface area contributed by atoms with Crippen molar-refractivity contribution in [1.29, 1.82) is 0 Å². The fraction of sp³-hybridized carbons (Fsp3) is 0.300. The van der Waals surface area contributed by atoms with E-state index in [4.69, 9.17) is 10.5 Å². The third kappa shape index (κ3) is 3.54. The molecule has 0 amide bonds. The molecule has 0 saturated carbocycles. The van der Waals surface area contributed by atoms with Crippen LogP contribution in [0.15, 0.2) is 29.2 Å². The molecule has 0 saturated heterocycles. The summed E-state index contributed by atoms with van der Waals surface area (Å²) in [5, 5.41) is 0. The van der Waals surface area contributed by atoms with Crippen molar-refractivity contribution in [2.24, 2.45) is 0 Å². The van der Waals surface area contributed by atoms with Gasteiger partial charge in [0.15, 0.2) is 0 Å². The van der Waals surface area contributed by atoms with Gasteiger partial charge in [0.2, 0.25) is 0 Å². The molecule has 0 fully saturated rings. The van der Waals surface area contributed by atoms with E-state index in [1.807, 2.05) is 0 Å². The van der Waals surface area contributed by atoms with E-state index in [1.54, 1.807) is 31.4 Å². The molecule has 5 heteroatoms. The van der Waals surface area contributed by atoms with E-state index < -0.39 is 9.71 Å². The molecule has 1 aromatic rings. The number of ether oxygens (including phenoxy) is 1. The Hall–Kier alpha value is -1.04. The lowest BCUT2D eigenvalue weighted by Gasteiger charge is -2.11. The molecule has 0 aliphatic carbocycles. The zero-order chi connectivity index (χ0) is 11.3. The molecule has 1 aromatic carbocycles. The average molecular weight is 228 g/mol. The van der Waals surface area contributed by atoms with Crippen LogP contribution in [0, 0.1) is 0 Å². The quantitative estimate of drug-likeness (QED) is 0.438. The first-order chi connectivity index (χ1) is 7.06. The maximum atomic E-state index is 12.1. The molecule has 1 unspecified atom stereocenters. The summed E-state index contributed by atoms with van der Waals surface area (Å²) in [7, 11) is -0.842. The van der Waals surface area contributed by atoms with Gasteiger partial charge < -0.3 is 10.5 Å². The van der Waals surface area contributed by atoms with Crippen LogP contribution in [-0.4, -0.2) is 30.3 Å². The first-order valence-electron chi connectivity index (χ1n) is 4.52. The number of nitrogen functional groups attached to an aromatic ring is 1. The normalized spacial score (nSPS) is 14.7. The van der Waals surface area contributed by atoms with E-state index in [9.17, 15) is 4.21 Å². The van der Waals surface area contributed by atoms with Crippen molar-refractivity contribution in [3.63, 3.8) is 0 Å². The van der Waals surface area contributed by atoms with Crippen LogP contribution in [0.5, 0.6) is 0 Å². The van der Waals surface area contributed by atoms with Crippen molar-refractivity contribution in [2.45, 2.75) is 4.90 Å². The summed E-state index contributed by atoms with van der Waals surface area (Å²) in [5.74, 6) is 3.66. The molecule has 0 heterocycles. The van der Waals surface area contributed by atoms with Gasteiger partial charge in [-0.25, -0.2) is 8.93 Å². The number of nitrogens with two attached hydrogens (primary N) is 1. The largest absolute Gasteiger partial charge is 0.399 e. The highest BCUT2D eigenvalue weighted by Crippen LogP contribution is 2.10. The number of hydrogen-bond donors (Lipinski definition) is 2. The maximum Gasteiger partial charge on any atom is 0.0597 e. The van der Waals surface area contributed by atoms with Crippen molar-refractivity contribution < 1.29 is 8.95 Å². The lowest BCUT2D eigenvalue weighted by molar-refractivity contribution is 0.205. The molecule has 0 aromatic heterocycles. The molecule has 0 spiro atoms. The second kappa shape index (κ2) is 5.16. The van der Waals surface area contributed by atoms with Gasteiger partial charge in [-0.2, -0.15) is 0 Å². The Morgan fingerprint density at radius 2 is 2.07 bits per heavy atom. The predicted molar refractivity (Wildman–Crippen MR) is 64.3 cm³/mol. The Kier molecular flexibility index (Phi) is 4.14. The number of nitrogens with one attached hydrogen (secondary N) is 1. The minimum absolute atomic E-state index is 0.501. The highest BCUT2D eigenvalue weighted by atomic mass is 32.2. The number of hydrogen-bond acceptors (Lipinski definition) is 3. The maximum absolute atomic E-state index is 12.1. The van der Waals surface area contributed by atoms with Crippen molar-refractivity contribution in [2.75, 3.05) is 26.0 Å². The van der Waals surface area contributed by atoms with Gasteiger partial charge in [-0.3, -0.25) is 0 Å². The summed E-state index contributed by atoms with van der Waals surface area (Å²) in [5.41, 5.74) is 6.18. The number of benzene rings is 1. The van der Waals surface area contributed by atoms with Crippen LogP contribution < -0.4 is 10.5 Å². The zero-order valence-electron chi connectivity index (χ0n) is 8.73. The van der Waals surface area contributed by atoms with Crippen LogP contribution in [0.25, 0.3) is 0 Å². The van der Waals surface area contributed by atoms with Crippen LogP contribution in [-0.2, 0) is 14.4 Å². The molecule has 3 N–H and O–H groups in total. The Morgan fingerprint density at radius 3 is 2.60 bits per heavy atom. The highest BCUT2D eigenvalue weighted by Gasteiger charge is 2.05. The minimum Gasteiger partial charge on any atom is -0.399 e. The van der Waals surface area contributed by atoms with Crippen molar-refractivity contribution >= 4 is 21.3 Å². The standard InChI is InChI=1S/C10H16N2O2S/c1-14-8-7-12-15(2,13)10-5-3-9(11)4-6-10/h3-6H,2,7-8,11H2,1H3,(H,12,13). The number of anilines is 1. The Bertz CT molecular complexity index is 398. The second-order valence-electron chi connectivity index (χ2n) is 3.13. The van der Waals surface area contributed by atoms with Crippen molar-refractivity contribution in [3.8, 4) is 0 Å². The lowest BCUT2D eigenvalue weighted by atomic mass is 10.3. The number of methoxy groups -OCH3 is 1. The summed E-state index contributed by atoms with van der Waals surface area (Å²) in [6.07, 6.45) is 0. The van der Waals surface area contributed by atoms with Gasteiger partial charge >= 0.3 is 0 Å². The Morgan fingerprint density at radius 1 is 1.47 bits per heavy atom. The molecule has 1 atom stereocenters. The smallest absolute Gasteiger partial charge is 0.0597 e. The average Bonchev–Trinajstić information content (AvgIpc) is 2.18. The lowest BCUT2D eigenvalue weighted by Crippen LogP contribution is -2.26. The van der Waals surface area contributed by atoms with E-state index in [2.05, 4.69) is 10.6 Å². The van der Waals surface area contributed by atoms with E-state index in [0.717, 1.165) is 0 Å².